The SMILES string of the molecule is Cc1nc(C)n([C@@H]2CCCN(C(=O)c3cc(C(N)=O)cs3)C2)n1. The number of hydrogen-bond acceptors (Lipinski definition) is 5. The van der Waals surface area contributed by atoms with Crippen molar-refractivity contribution in [3.63, 3.8) is 0 Å². The first kappa shape index (κ1) is 15.7. The number of rotatable bonds is 3. The van der Waals surface area contributed by atoms with E-state index < -0.39 is 5.91 Å². The highest BCUT2D eigenvalue weighted by atomic mass is 32.1. The molecule has 0 saturated carbocycles. The number of nitrogens with two attached hydrogens (primary N) is 1. The average Bonchev–Trinajstić information content (AvgIpc) is 3.13. The Bertz CT molecular complexity index is 751. The van der Waals surface area contributed by atoms with Crippen LogP contribution in [0.3, 0.4) is 0 Å². The van der Waals surface area contributed by atoms with Crippen molar-refractivity contribution in [2.24, 2.45) is 5.73 Å². The minimum Gasteiger partial charge on any atom is -0.366 e. The van der Waals surface area contributed by atoms with E-state index in [1.807, 2.05) is 23.4 Å². The average molecular weight is 333 g/mol. The molecule has 23 heavy (non-hydrogen) atoms. The summed E-state index contributed by atoms with van der Waals surface area (Å²) in [6.45, 7) is 5.11. The van der Waals surface area contributed by atoms with Crippen LogP contribution in [0, 0.1) is 13.8 Å². The highest BCUT2D eigenvalue weighted by Gasteiger charge is 2.28. The molecular weight excluding hydrogens is 314 g/mol. The summed E-state index contributed by atoms with van der Waals surface area (Å²) < 4.78 is 1.91. The number of piperidine rings is 1. The number of amides is 2. The molecule has 1 aliphatic heterocycles. The Balaban J connectivity index is 1.76. The van der Waals surface area contributed by atoms with Crippen molar-refractivity contribution >= 4 is 23.2 Å². The minimum absolute atomic E-state index is 0.0540. The summed E-state index contributed by atoms with van der Waals surface area (Å²) in [6.07, 6.45) is 1.90. The van der Waals surface area contributed by atoms with Gasteiger partial charge < -0.3 is 10.6 Å². The molecule has 1 fully saturated rings. The third kappa shape index (κ3) is 3.12. The molecule has 0 aliphatic carbocycles. The van der Waals surface area contributed by atoms with Crippen LogP contribution in [0.25, 0.3) is 0 Å². The number of likely N-dealkylation sites (tertiary alicyclic amines) is 1. The molecule has 2 N–H and O–H groups in total. The van der Waals surface area contributed by atoms with E-state index in [-0.39, 0.29) is 11.9 Å². The van der Waals surface area contributed by atoms with Crippen LogP contribution in [-0.2, 0) is 0 Å². The zero-order valence-corrected chi connectivity index (χ0v) is 14.0. The van der Waals surface area contributed by atoms with Crippen LogP contribution < -0.4 is 5.73 Å². The molecule has 2 aromatic rings. The fourth-order valence-corrected chi connectivity index (χ4v) is 3.82. The molecule has 2 aromatic heterocycles. The van der Waals surface area contributed by atoms with Gasteiger partial charge in [-0.3, -0.25) is 9.59 Å². The lowest BCUT2D eigenvalue weighted by Gasteiger charge is -2.32. The molecular formula is C15H19N5O2S. The molecule has 1 saturated heterocycles. The molecule has 8 heteroatoms. The second kappa shape index (κ2) is 6.11. The van der Waals surface area contributed by atoms with Crippen LogP contribution in [0.1, 0.15) is 50.6 Å². The van der Waals surface area contributed by atoms with Gasteiger partial charge in [0.25, 0.3) is 5.91 Å². The van der Waals surface area contributed by atoms with Gasteiger partial charge in [-0.15, -0.1) is 11.3 Å². The molecule has 7 nitrogen and oxygen atoms in total. The van der Waals surface area contributed by atoms with Gasteiger partial charge in [0.1, 0.15) is 11.6 Å². The number of aromatic nitrogens is 3. The zero-order valence-electron chi connectivity index (χ0n) is 13.2. The predicted octanol–water partition coefficient (Wildman–Crippen LogP) is 1.53. The highest BCUT2D eigenvalue weighted by molar-refractivity contribution is 7.12. The van der Waals surface area contributed by atoms with Gasteiger partial charge in [0.05, 0.1) is 16.5 Å². The Morgan fingerprint density at radius 3 is 2.78 bits per heavy atom. The summed E-state index contributed by atoms with van der Waals surface area (Å²) >= 11 is 1.26. The first-order chi connectivity index (χ1) is 11.0. The summed E-state index contributed by atoms with van der Waals surface area (Å²) in [7, 11) is 0. The Morgan fingerprint density at radius 1 is 1.39 bits per heavy atom. The fourth-order valence-electron chi connectivity index (χ4n) is 2.95. The first-order valence-corrected chi connectivity index (χ1v) is 8.41. The smallest absolute Gasteiger partial charge is 0.264 e. The quantitative estimate of drug-likeness (QED) is 0.921. The lowest BCUT2D eigenvalue weighted by Crippen LogP contribution is -2.41. The van der Waals surface area contributed by atoms with Crippen LogP contribution in [0.2, 0.25) is 0 Å². The van der Waals surface area contributed by atoms with Gasteiger partial charge in [-0.05, 0) is 32.8 Å². The van der Waals surface area contributed by atoms with E-state index in [1.165, 1.54) is 11.3 Å². The van der Waals surface area contributed by atoms with E-state index >= 15 is 0 Å². The molecule has 0 unspecified atom stereocenters. The number of primary amides is 1. The molecule has 0 radical (unpaired) electrons. The predicted molar refractivity (Wildman–Crippen MR) is 86.5 cm³/mol. The number of carbonyl (C=O) groups excluding carboxylic acids is 2. The standard InChI is InChI=1S/C15H19N5O2S/c1-9-17-10(2)20(18-9)12-4-3-5-19(7-12)15(22)13-6-11(8-23-13)14(16)21/h6,8,12H,3-5,7H2,1-2H3,(H2,16,21)/t12-/m1/s1. The Labute approximate surface area is 138 Å². The number of hydrogen-bond donors (Lipinski definition) is 1. The summed E-state index contributed by atoms with van der Waals surface area (Å²) in [4.78, 5) is 30.5. The van der Waals surface area contributed by atoms with Crippen molar-refractivity contribution in [1.29, 1.82) is 0 Å². The molecule has 1 atom stereocenters. The van der Waals surface area contributed by atoms with Gasteiger partial charge in [0, 0.05) is 18.5 Å². The molecule has 2 amide bonds. The van der Waals surface area contributed by atoms with Gasteiger partial charge >= 0.3 is 0 Å². The molecule has 122 valence electrons. The molecule has 0 spiro atoms. The third-order valence-electron chi connectivity index (χ3n) is 4.03. The summed E-state index contributed by atoms with van der Waals surface area (Å²) in [6, 6.07) is 1.72. The van der Waals surface area contributed by atoms with Crippen molar-refractivity contribution in [2.75, 3.05) is 13.1 Å². The summed E-state index contributed by atoms with van der Waals surface area (Å²) in [5.74, 6) is 1.05. The van der Waals surface area contributed by atoms with Crippen molar-refractivity contribution < 1.29 is 9.59 Å². The second-order valence-corrected chi connectivity index (χ2v) is 6.67. The number of aryl methyl sites for hydroxylation is 2. The van der Waals surface area contributed by atoms with E-state index in [4.69, 9.17) is 5.73 Å². The van der Waals surface area contributed by atoms with Gasteiger partial charge in [-0.2, -0.15) is 5.10 Å². The number of thiophene rings is 1. The van der Waals surface area contributed by atoms with Gasteiger partial charge in [-0.25, -0.2) is 9.67 Å². The van der Waals surface area contributed by atoms with Gasteiger partial charge in [0.15, 0.2) is 0 Å². The van der Waals surface area contributed by atoms with E-state index in [1.54, 1.807) is 11.4 Å². The van der Waals surface area contributed by atoms with Crippen LogP contribution in [0.5, 0.6) is 0 Å². The molecule has 3 rings (SSSR count). The maximum atomic E-state index is 12.6. The molecule has 1 aliphatic rings. The van der Waals surface area contributed by atoms with Crippen LogP contribution in [-0.4, -0.2) is 44.6 Å². The van der Waals surface area contributed by atoms with Crippen LogP contribution >= 0.6 is 11.3 Å². The van der Waals surface area contributed by atoms with Crippen molar-refractivity contribution in [3.8, 4) is 0 Å². The van der Waals surface area contributed by atoms with E-state index in [2.05, 4.69) is 10.1 Å². The maximum absolute atomic E-state index is 12.6. The largest absolute Gasteiger partial charge is 0.366 e. The van der Waals surface area contributed by atoms with Gasteiger partial charge in [0.2, 0.25) is 5.91 Å². The lowest BCUT2D eigenvalue weighted by atomic mass is 10.1. The van der Waals surface area contributed by atoms with E-state index in [0.29, 0.717) is 23.5 Å². The zero-order chi connectivity index (χ0) is 16.6. The Morgan fingerprint density at radius 2 is 2.17 bits per heavy atom. The molecule has 3 heterocycles. The Hall–Kier alpha value is -2.22. The normalized spacial score (nSPS) is 18.2. The van der Waals surface area contributed by atoms with Crippen LogP contribution in [0.15, 0.2) is 11.4 Å². The molecule has 0 bridgehead atoms. The van der Waals surface area contributed by atoms with E-state index in [9.17, 15) is 9.59 Å². The highest BCUT2D eigenvalue weighted by Crippen LogP contribution is 2.25. The molecule has 0 aromatic carbocycles. The second-order valence-electron chi connectivity index (χ2n) is 5.76. The third-order valence-corrected chi connectivity index (χ3v) is 4.95. The maximum Gasteiger partial charge on any atom is 0.264 e. The first-order valence-electron chi connectivity index (χ1n) is 7.53. The fraction of sp³-hybridized carbons (Fsp3) is 0.467. The number of carbonyl (C=O) groups is 2. The van der Waals surface area contributed by atoms with Crippen molar-refractivity contribution in [3.05, 3.63) is 33.5 Å². The summed E-state index contributed by atoms with van der Waals surface area (Å²) in [5, 5.41) is 6.06. The Kier molecular flexibility index (Phi) is 4.16. The van der Waals surface area contributed by atoms with Crippen molar-refractivity contribution in [1.82, 2.24) is 19.7 Å². The summed E-state index contributed by atoms with van der Waals surface area (Å²) in [5.41, 5.74) is 5.63. The van der Waals surface area contributed by atoms with Crippen molar-refractivity contribution in [2.45, 2.75) is 32.7 Å². The van der Waals surface area contributed by atoms with Gasteiger partial charge in [-0.1, -0.05) is 0 Å². The van der Waals surface area contributed by atoms with E-state index in [0.717, 1.165) is 24.5 Å². The number of nitrogens with zero attached hydrogens (tertiary/aromatic N) is 4. The monoisotopic (exact) mass is 333 g/mol. The lowest BCUT2D eigenvalue weighted by molar-refractivity contribution is 0.0676. The topological polar surface area (TPSA) is 94.1 Å². The minimum atomic E-state index is -0.509. The van der Waals surface area contributed by atoms with Crippen LogP contribution in [0.4, 0.5) is 0 Å².